The summed E-state index contributed by atoms with van der Waals surface area (Å²) in [4.78, 5) is 38.8. The van der Waals surface area contributed by atoms with E-state index < -0.39 is 18.0 Å². The summed E-state index contributed by atoms with van der Waals surface area (Å²) in [6, 6.07) is 25.3. The normalized spacial score (nSPS) is 11.5. The third kappa shape index (κ3) is 5.22. The first kappa shape index (κ1) is 24.5. The Labute approximate surface area is 208 Å². The van der Waals surface area contributed by atoms with E-state index in [9.17, 15) is 14.4 Å². The first-order valence-electron chi connectivity index (χ1n) is 11.5. The van der Waals surface area contributed by atoms with Crippen molar-refractivity contribution in [3.8, 4) is 11.4 Å². The summed E-state index contributed by atoms with van der Waals surface area (Å²) in [5.74, 6) is -0.587. The molecule has 3 aromatic carbocycles. The summed E-state index contributed by atoms with van der Waals surface area (Å²) >= 11 is 0. The maximum atomic E-state index is 13.1. The van der Waals surface area contributed by atoms with Crippen LogP contribution >= 0.6 is 0 Å². The zero-order valence-corrected chi connectivity index (χ0v) is 20.3. The van der Waals surface area contributed by atoms with Crippen molar-refractivity contribution in [1.82, 2.24) is 9.36 Å². The maximum absolute atomic E-state index is 13.1. The topological polar surface area (TPSA) is 91.6 Å². The van der Waals surface area contributed by atoms with Crippen molar-refractivity contribution < 1.29 is 19.1 Å². The molecule has 0 spiro atoms. The van der Waals surface area contributed by atoms with Crippen LogP contribution in [0.3, 0.4) is 0 Å². The second-order valence-corrected chi connectivity index (χ2v) is 8.23. The number of ether oxygens (including phenoxy) is 2. The van der Waals surface area contributed by atoms with Crippen molar-refractivity contribution in [2.24, 2.45) is 7.05 Å². The molecular weight excluding hydrogens is 458 g/mol. The Morgan fingerprint density at radius 3 is 2.22 bits per heavy atom. The summed E-state index contributed by atoms with van der Waals surface area (Å²) in [5.41, 5.74) is 1.92. The lowest BCUT2D eigenvalue weighted by atomic mass is 10.1. The number of nitrogens with one attached hydrogen (secondary N) is 1. The van der Waals surface area contributed by atoms with Crippen LogP contribution in [0.5, 0.6) is 5.75 Å². The van der Waals surface area contributed by atoms with Gasteiger partial charge in [0, 0.05) is 12.6 Å². The number of carbonyl (C=O) groups is 2. The molecule has 0 radical (unpaired) electrons. The molecule has 8 heteroatoms. The Bertz CT molecular complexity index is 1420. The molecule has 0 saturated carbocycles. The van der Waals surface area contributed by atoms with Crippen LogP contribution in [0.1, 0.15) is 28.5 Å². The van der Waals surface area contributed by atoms with E-state index in [0.717, 1.165) is 0 Å². The molecular formula is C28H27N3O5. The van der Waals surface area contributed by atoms with Gasteiger partial charge in [0.05, 0.1) is 16.9 Å². The van der Waals surface area contributed by atoms with Gasteiger partial charge in [-0.25, -0.2) is 9.48 Å². The van der Waals surface area contributed by atoms with Gasteiger partial charge in [0.25, 0.3) is 11.5 Å². The van der Waals surface area contributed by atoms with Crippen molar-refractivity contribution in [1.29, 1.82) is 0 Å². The number of hydrogen-bond donors (Lipinski definition) is 1. The van der Waals surface area contributed by atoms with Crippen molar-refractivity contribution in [2.75, 3.05) is 5.32 Å². The third-order valence-electron chi connectivity index (χ3n) is 5.83. The molecule has 8 nitrogen and oxygen atoms in total. The largest absolute Gasteiger partial charge is 0.489 e. The van der Waals surface area contributed by atoms with Gasteiger partial charge in [-0.1, -0.05) is 54.6 Å². The highest BCUT2D eigenvalue weighted by Crippen LogP contribution is 2.18. The van der Waals surface area contributed by atoms with Gasteiger partial charge in [0.2, 0.25) is 0 Å². The minimum absolute atomic E-state index is 0.130. The van der Waals surface area contributed by atoms with E-state index in [1.165, 1.54) is 11.6 Å². The van der Waals surface area contributed by atoms with Crippen LogP contribution in [0.4, 0.5) is 5.69 Å². The lowest BCUT2D eigenvalue weighted by molar-refractivity contribution is -0.123. The fourth-order valence-corrected chi connectivity index (χ4v) is 3.74. The number of nitrogens with zero attached hydrogens (tertiary/aromatic N) is 2. The predicted molar refractivity (Wildman–Crippen MR) is 136 cm³/mol. The molecule has 0 saturated heterocycles. The lowest BCUT2D eigenvalue weighted by Crippen LogP contribution is -2.32. The van der Waals surface area contributed by atoms with Gasteiger partial charge in [-0.2, -0.15) is 0 Å². The summed E-state index contributed by atoms with van der Waals surface area (Å²) in [6.07, 6.45) is -1.13. The Kier molecular flexibility index (Phi) is 7.34. The van der Waals surface area contributed by atoms with Crippen molar-refractivity contribution in [2.45, 2.75) is 26.6 Å². The van der Waals surface area contributed by atoms with E-state index in [1.807, 2.05) is 48.5 Å². The third-order valence-corrected chi connectivity index (χ3v) is 5.83. The van der Waals surface area contributed by atoms with Gasteiger partial charge >= 0.3 is 5.97 Å². The van der Waals surface area contributed by atoms with Crippen LogP contribution in [-0.2, 0) is 23.2 Å². The van der Waals surface area contributed by atoms with Crippen LogP contribution in [0, 0.1) is 6.92 Å². The number of benzene rings is 3. The zero-order valence-electron chi connectivity index (χ0n) is 20.3. The number of aromatic nitrogens is 2. The van der Waals surface area contributed by atoms with E-state index in [2.05, 4.69) is 5.32 Å². The standard InChI is InChI=1S/C28H27N3O5/c1-19-25(27(33)31(30(19)3)22-13-6-4-7-14-22)29-26(32)20(2)36-28(34)24-17-11-10-12-21(24)18-35-23-15-8-5-9-16-23/h4-17,20H,18H2,1-3H3,(H,29,32). The van der Waals surface area contributed by atoms with Crippen LogP contribution in [0.25, 0.3) is 5.69 Å². The molecule has 0 aliphatic heterocycles. The number of para-hydroxylation sites is 2. The van der Waals surface area contributed by atoms with Crippen molar-refractivity contribution >= 4 is 17.6 Å². The van der Waals surface area contributed by atoms with Crippen molar-refractivity contribution in [3.63, 3.8) is 0 Å². The van der Waals surface area contributed by atoms with E-state index in [0.29, 0.717) is 28.3 Å². The minimum Gasteiger partial charge on any atom is -0.489 e. The molecule has 36 heavy (non-hydrogen) atoms. The molecule has 4 aromatic rings. The molecule has 4 rings (SSSR count). The Balaban J connectivity index is 1.46. The molecule has 184 valence electrons. The van der Waals surface area contributed by atoms with Gasteiger partial charge in [-0.3, -0.25) is 14.3 Å². The van der Waals surface area contributed by atoms with Gasteiger partial charge in [-0.05, 0) is 44.2 Å². The molecule has 1 N–H and O–H groups in total. The smallest absolute Gasteiger partial charge is 0.339 e. The first-order valence-corrected chi connectivity index (χ1v) is 11.5. The van der Waals surface area contributed by atoms with E-state index in [1.54, 1.807) is 55.1 Å². The number of rotatable bonds is 8. The highest BCUT2D eigenvalue weighted by molar-refractivity contribution is 5.98. The zero-order chi connectivity index (χ0) is 25.7. The second-order valence-electron chi connectivity index (χ2n) is 8.23. The second kappa shape index (κ2) is 10.8. The Morgan fingerprint density at radius 2 is 1.53 bits per heavy atom. The van der Waals surface area contributed by atoms with Crippen LogP contribution < -0.4 is 15.6 Å². The van der Waals surface area contributed by atoms with E-state index >= 15 is 0 Å². The highest BCUT2D eigenvalue weighted by atomic mass is 16.5. The summed E-state index contributed by atoms with van der Waals surface area (Å²) < 4.78 is 14.3. The van der Waals surface area contributed by atoms with E-state index in [-0.39, 0.29) is 17.9 Å². The Hall–Kier alpha value is -4.59. The average molecular weight is 486 g/mol. The minimum atomic E-state index is -1.13. The fraction of sp³-hybridized carbons (Fsp3) is 0.179. The first-order chi connectivity index (χ1) is 17.4. The monoisotopic (exact) mass is 485 g/mol. The van der Waals surface area contributed by atoms with Crippen LogP contribution in [-0.4, -0.2) is 27.3 Å². The summed E-state index contributed by atoms with van der Waals surface area (Å²) in [6.45, 7) is 3.36. The number of amides is 1. The van der Waals surface area contributed by atoms with E-state index in [4.69, 9.17) is 9.47 Å². The van der Waals surface area contributed by atoms with Crippen LogP contribution in [0.15, 0.2) is 89.7 Å². The maximum Gasteiger partial charge on any atom is 0.339 e. The predicted octanol–water partition coefficient (Wildman–Crippen LogP) is 4.25. The molecule has 1 heterocycles. The molecule has 0 fully saturated rings. The fourth-order valence-electron chi connectivity index (χ4n) is 3.74. The van der Waals surface area contributed by atoms with Gasteiger partial charge in [0.1, 0.15) is 18.0 Å². The number of carbonyl (C=O) groups excluding carboxylic acids is 2. The quantitative estimate of drug-likeness (QED) is 0.377. The molecule has 1 atom stereocenters. The molecule has 1 aromatic heterocycles. The van der Waals surface area contributed by atoms with Gasteiger partial charge in [-0.15, -0.1) is 0 Å². The number of esters is 1. The van der Waals surface area contributed by atoms with Crippen LogP contribution in [0.2, 0.25) is 0 Å². The molecule has 0 bridgehead atoms. The lowest BCUT2D eigenvalue weighted by Gasteiger charge is -2.15. The summed E-state index contributed by atoms with van der Waals surface area (Å²) in [5, 5.41) is 2.63. The average Bonchev–Trinajstić information content (AvgIpc) is 3.11. The summed E-state index contributed by atoms with van der Waals surface area (Å²) in [7, 11) is 1.73. The highest BCUT2D eigenvalue weighted by Gasteiger charge is 2.24. The molecule has 1 unspecified atom stereocenters. The van der Waals surface area contributed by atoms with Gasteiger partial charge in [0.15, 0.2) is 6.10 Å². The molecule has 0 aliphatic rings. The van der Waals surface area contributed by atoms with Crippen molar-refractivity contribution in [3.05, 3.63) is 112 Å². The Morgan fingerprint density at radius 1 is 0.917 bits per heavy atom. The SMILES string of the molecule is Cc1c(NC(=O)C(C)OC(=O)c2ccccc2COc2ccccc2)c(=O)n(-c2ccccc2)n1C. The van der Waals surface area contributed by atoms with Gasteiger partial charge < -0.3 is 14.8 Å². The molecule has 0 aliphatic carbocycles. The molecule has 1 amide bonds. The number of anilines is 1. The number of hydrogen-bond acceptors (Lipinski definition) is 5.